The van der Waals surface area contributed by atoms with E-state index >= 15 is 0 Å². The van der Waals surface area contributed by atoms with Crippen molar-refractivity contribution in [1.29, 1.82) is 0 Å². The lowest BCUT2D eigenvalue weighted by Gasteiger charge is -2.37. The molecule has 1 aromatic heterocycles. The maximum absolute atomic E-state index is 13.2. The quantitative estimate of drug-likeness (QED) is 0.219. The molecule has 1 aliphatic rings. The van der Waals surface area contributed by atoms with E-state index in [4.69, 9.17) is 16.6 Å². The van der Waals surface area contributed by atoms with Crippen molar-refractivity contribution in [1.82, 2.24) is 19.8 Å². The zero-order valence-corrected chi connectivity index (χ0v) is 26.2. The minimum atomic E-state index is -0.157. The molecule has 1 amide bonds. The van der Waals surface area contributed by atoms with Gasteiger partial charge in [0.25, 0.3) is 5.91 Å². The second-order valence-corrected chi connectivity index (χ2v) is 10.6. The number of carbonyl (C=O) groups is 1. The zero-order chi connectivity index (χ0) is 27.4. The molecule has 6 nitrogen and oxygen atoms in total. The SMILES string of the molecule is Cc1cccc(N2CCN(CCCNC(=O)c3nc(-c4ccccc4)n(-c4ccccc4Cl)c3C)CC2)c1C.Cl.Cl. The maximum atomic E-state index is 13.2. The normalized spacial score (nSPS) is 13.3. The molecule has 0 aliphatic carbocycles. The molecule has 3 aromatic carbocycles. The number of nitrogens with zero attached hydrogens (tertiary/aromatic N) is 4. The molecular formula is C32H38Cl3N5O. The van der Waals surface area contributed by atoms with Crippen LogP contribution in [0, 0.1) is 20.8 Å². The number of amides is 1. The molecule has 1 N–H and O–H groups in total. The summed E-state index contributed by atoms with van der Waals surface area (Å²) in [6, 6.07) is 24.1. The van der Waals surface area contributed by atoms with Crippen LogP contribution in [0.1, 0.15) is 33.7 Å². The fraction of sp³-hybridized carbons (Fsp3) is 0.312. The Hall–Kier alpha value is -3.03. The summed E-state index contributed by atoms with van der Waals surface area (Å²) in [4.78, 5) is 23.0. The molecule has 1 saturated heterocycles. The Morgan fingerprint density at radius 1 is 0.854 bits per heavy atom. The fourth-order valence-electron chi connectivity index (χ4n) is 5.30. The number of imidazole rings is 1. The summed E-state index contributed by atoms with van der Waals surface area (Å²) < 4.78 is 1.97. The van der Waals surface area contributed by atoms with Crippen LogP contribution < -0.4 is 10.2 Å². The molecular weight excluding hydrogens is 577 g/mol. The second-order valence-electron chi connectivity index (χ2n) is 10.2. The predicted octanol–water partition coefficient (Wildman–Crippen LogP) is 6.90. The third kappa shape index (κ3) is 7.25. The van der Waals surface area contributed by atoms with Gasteiger partial charge in [-0.05, 0) is 63.1 Å². The van der Waals surface area contributed by atoms with Crippen molar-refractivity contribution in [3.63, 3.8) is 0 Å². The summed E-state index contributed by atoms with van der Waals surface area (Å²) in [6.45, 7) is 12.0. The van der Waals surface area contributed by atoms with Crippen molar-refractivity contribution in [2.24, 2.45) is 0 Å². The molecule has 5 rings (SSSR count). The van der Waals surface area contributed by atoms with Crippen LogP contribution in [0.5, 0.6) is 0 Å². The molecule has 218 valence electrons. The molecule has 0 atom stereocenters. The number of benzene rings is 3. The van der Waals surface area contributed by atoms with Crippen LogP contribution in [-0.4, -0.2) is 59.6 Å². The molecule has 1 aliphatic heterocycles. The average molecular weight is 615 g/mol. The number of hydrogen-bond donors (Lipinski definition) is 1. The lowest BCUT2D eigenvalue weighted by Crippen LogP contribution is -2.47. The molecule has 0 spiro atoms. The van der Waals surface area contributed by atoms with Gasteiger partial charge in [0.1, 0.15) is 11.5 Å². The Morgan fingerprint density at radius 3 is 2.22 bits per heavy atom. The van der Waals surface area contributed by atoms with Gasteiger partial charge in [0, 0.05) is 44.0 Å². The third-order valence-corrected chi connectivity index (χ3v) is 7.99. The first-order valence-corrected chi connectivity index (χ1v) is 14.0. The standard InChI is InChI=1S/C32H36ClN5O.2ClH/c1-23-11-9-16-28(24(23)2)37-21-19-36(20-22-37)18-10-17-34-32(39)30-25(3)38(29-15-8-7-14-27(29)33)31(35-30)26-12-5-4-6-13-26;;/h4-9,11-16H,10,17-22H2,1-3H3,(H,34,39);2*1H. The van der Waals surface area contributed by atoms with Crippen LogP contribution in [0.25, 0.3) is 17.1 Å². The molecule has 0 unspecified atom stereocenters. The Labute approximate surface area is 260 Å². The van der Waals surface area contributed by atoms with E-state index < -0.39 is 0 Å². The first-order chi connectivity index (χ1) is 18.9. The largest absolute Gasteiger partial charge is 0.369 e. The van der Waals surface area contributed by atoms with E-state index in [1.165, 1.54) is 16.8 Å². The van der Waals surface area contributed by atoms with Crippen molar-refractivity contribution < 1.29 is 4.79 Å². The highest BCUT2D eigenvalue weighted by Gasteiger charge is 2.23. The Morgan fingerprint density at radius 2 is 1.51 bits per heavy atom. The molecule has 9 heteroatoms. The molecule has 2 heterocycles. The second kappa shape index (κ2) is 14.7. The third-order valence-electron chi connectivity index (χ3n) is 7.67. The maximum Gasteiger partial charge on any atom is 0.271 e. The van der Waals surface area contributed by atoms with E-state index in [0.29, 0.717) is 23.1 Å². The summed E-state index contributed by atoms with van der Waals surface area (Å²) >= 11 is 6.56. The van der Waals surface area contributed by atoms with Crippen LogP contribution in [-0.2, 0) is 0 Å². The van der Waals surface area contributed by atoms with Crippen LogP contribution >= 0.6 is 36.4 Å². The molecule has 4 aromatic rings. The molecule has 0 radical (unpaired) electrons. The first-order valence-electron chi connectivity index (χ1n) is 13.7. The number of nitrogens with one attached hydrogen (secondary N) is 1. The van der Waals surface area contributed by atoms with Crippen LogP contribution in [0.3, 0.4) is 0 Å². The summed E-state index contributed by atoms with van der Waals surface area (Å²) in [5.41, 5.74) is 6.99. The van der Waals surface area contributed by atoms with Gasteiger partial charge in [0.2, 0.25) is 0 Å². The topological polar surface area (TPSA) is 53.4 Å². The highest BCUT2D eigenvalue weighted by Crippen LogP contribution is 2.30. The van der Waals surface area contributed by atoms with E-state index in [1.54, 1.807) is 0 Å². The minimum Gasteiger partial charge on any atom is -0.369 e. The van der Waals surface area contributed by atoms with Crippen molar-refractivity contribution in [2.45, 2.75) is 27.2 Å². The zero-order valence-electron chi connectivity index (χ0n) is 23.8. The van der Waals surface area contributed by atoms with Gasteiger partial charge < -0.3 is 10.2 Å². The average Bonchev–Trinajstić information content (AvgIpc) is 3.30. The fourth-order valence-corrected chi connectivity index (χ4v) is 5.52. The van der Waals surface area contributed by atoms with Gasteiger partial charge in [0.15, 0.2) is 0 Å². The van der Waals surface area contributed by atoms with Gasteiger partial charge in [0.05, 0.1) is 16.4 Å². The van der Waals surface area contributed by atoms with Crippen LogP contribution in [0.4, 0.5) is 5.69 Å². The van der Waals surface area contributed by atoms with E-state index in [-0.39, 0.29) is 30.7 Å². The summed E-state index contributed by atoms with van der Waals surface area (Å²) in [5.74, 6) is 0.545. The monoisotopic (exact) mass is 613 g/mol. The lowest BCUT2D eigenvalue weighted by molar-refractivity contribution is 0.0946. The van der Waals surface area contributed by atoms with Crippen LogP contribution in [0.2, 0.25) is 5.02 Å². The van der Waals surface area contributed by atoms with E-state index in [0.717, 1.165) is 56.1 Å². The van der Waals surface area contributed by atoms with Gasteiger partial charge in [-0.2, -0.15) is 0 Å². The highest BCUT2D eigenvalue weighted by atomic mass is 35.5. The number of rotatable bonds is 8. The molecule has 0 saturated carbocycles. The number of hydrogen-bond acceptors (Lipinski definition) is 4. The number of anilines is 1. The number of piperazine rings is 1. The Kier molecular flexibility index (Phi) is 11.7. The minimum absolute atomic E-state index is 0. The number of carbonyl (C=O) groups excluding carboxylic acids is 1. The summed E-state index contributed by atoms with van der Waals surface area (Å²) in [6.07, 6.45) is 0.894. The first kappa shape index (κ1) is 32.5. The van der Waals surface area contributed by atoms with E-state index in [9.17, 15) is 4.79 Å². The van der Waals surface area contributed by atoms with E-state index in [2.05, 4.69) is 47.2 Å². The van der Waals surface area contributed by atoms with Gasteiger partial charge in [-0.15, -0.1) is 24.8 Å². The number of aryl methyl sites for hydroxylation is 1. The number of para-hydroxylation sites is 1. The summed E-state index contributed by atoms with van der Waals surface area (Å²) in [5, 5.41) is 3.71. The van der Waals surface area contributed by atoms with Crippen molar-refractivity contribution >= 4 is 48.0 Å². The van der Waals surface area contributed by atoms with Crippen LogP contribution in [0.15, 0.2) is 72.8 Å². The Bertz CT molecular complexity index is 1450. The Balaban J connectivity index is 0.00000231. The van der Waals surface area contributed by atoms with E-state index in [1.807, 2.05) is 66.1 Å². The van der Waals surface area contributed by atoms with Crippen molar-refractivity contribution in [2.75, 3.05) is 44.2 Å². The highest BCUT2D eigenvalue weighted by molar-refractivity contribution is 6.32. The van der Waals surface area contributed by atoms with Crippen molar-refractivity contribution in [3.8, 4) is 17.1 Å². The summed E-state index contributed by atoms with van der Waals surface area (Å²) in [7, 11) is 0. The smallest absolute Gasteiger partial charge is 0.271 e. The number of halogens is 3. The van der Waals surface area contributed by atoms with Gasteiger partial charge in [-0.25, -0.2) is 4.98 Å². The lowest BCUT2D eigenvalue weighted by atomic mass is 10.1. The molecule has 41 heavy (non-hydrogen) atoms. The molecule has 1 fully saturated rings. The van der Waals surface area contributed by atoms with Gasteiger partial charge in [-0.1, -0.05) is 66.2 Å². The van der Waals surface area contributed by atoms with Crippen molar-refractivity contribution in [3.05, 3.63) is 100 Å². The predicted molar refractivity (Wildman–Crippen MR) is 175 cm³/mol. The number of aromatic nitrogens is 2. The van der Waals surface area contributed by atoms with Gasteiger partial charge in [-0.3, -0.25) is 14.3 Å². The molecule has 0 bridgehead atoms. The van der Waals surface area contributed by atoms with Gasteiger partial charge >= 0.3 is 0 Å².